The van der Waals surface area contributed by atoms with Gasteiger partial charge in [0.05, 0.1) is 24.8 Å². The van der Waals surface area contributed by atoms with E-state index in [2.05, 4.69) is 15.5 Å². The summed E-state index contributed by atoms with van der Waals surface area (Å²) in [6.45, 7) is 0. The molecule has 3 N–H and O–H groups in total. The highest BCUT2D eigenvalue weighted by molar-refractivity contribution is 7.99. The molecule has 3 rings (SSSR count). The topological polar surface area (TPSA) is 104 Å². The minimum absolute atomic E-state index is 0.147. The molecular formula is C16H17N5O3S2. The lowest BCUT2D eigenvalue weighted by atomic mass is 10.2. The molecule has 8 nitrogen and oxygen atoms in total. The van der Waals surface area contributed by atoms with E-state index in [9.17, 15) is 4.79 Å². The summed E-state index contributed by atoms with van der Waals surface area (Å²) in [5, 5.41) is 13.3. The van der Waals surface area contributed by atoms with E-state index in [0.29, 0.717) is 28.2 Å². The monoisotopic (exact) mass is 391 g/mol. The molecule has 2 aromatic heterocycles. The number of carbonyl (C=O) groups excluding carboxylic acids is 1. The Kier molecular flexibility index (Phi) is 5.64. The second-order valence-corrected chi connectivity index (χ2v) is 6.95. The molecule has 1 aromatic carbocycles. The van der Waals surface area contributed by atoms with Crippen LogP contribution in [0.15, 0.2) is 40.9 Å². The van der Waals surface area contributed by atoms with E-state index in [-0.39, 0.29) is 11.7 Å². The van der Waals surface area contributed by atoms with Crippen LogP contribution >= 0.6 is 23.1 Å². The summed E-state index contributed by atoms with van der Waals surface area (Å²) in [6.07, 6.45) is 0. The fourth-order valence-electron chi connectivity index (χ4n) is 2.19. The Bertz CT molecular complexity index is 895. The Morgan fingerprint density at radius 1 is 1.27 bits per heavy atom. The molecule has 0 unspecified atom stereocenters. The molecule has 0 saturated carbocycles. The number of thiophene rings is 1. The predicted octanol–water partition coefficient (Wildman–Crippen LogP) is 2.47. The van der Waals surface area contributed by atoms with Crippen LogP contribution in [0.1, 0.15) is 0 Å². The van der Waals surface area contributed by atoms with Crippen LogP contribution in [0.5, 0.6) is 11.5 Å². The SMILES string of the molecule is COc1ccc(NC(=O)CSc2nnc(-c3cccs3)n2N)cc1OC. The van der Waals surface area contributed by atoms with Crippen molar-refractivity contribution in [2.24, 2.45) is 0 Å². The molecule has 1 amide bonds. The molecular weight excluding hydrogens is 374 g/mol. The van der Waals surface area contributed by atoms with Crippen molar-refractivity contribution in [3.8, 4) is 22.2 Å². The lowest BCUT2D eigenvalue weighted by molar-refractivity contribution is -0.113. The molecule has 2 heterocycles. The number of ether oxygens (including phenoxy) is 2. The van der Waals surface area contributed by atoms with Gasteiger partial charge in [-0.1, -0.05) is 17.8 Å². The zero-order chi connectivity index (χ0) is 18.5. The Morgan fingerprint density at radius 2 is 2.08 bits per heavy atom. The first-order valence-corrected chi connectivity index (χ1v) is 9.38. The molecule has 0 atom stereocenters. The van der Waals surface area contributed by atoms with Crippen LogP contribution in [-0.4, -0.2) is 40.8 Å². The third kappa shape index (κ3) is 3.92. The van der Waals surface area contributed by atoms with E-state index in [1.54, 1.807) is 32.4 Å². The lowest BCUT2D eigenvalue weighted by Crippen LogP contribution is -2.16. The highest BCUT2D eigenvalue weighted by atomic mass is 32.2. The number of aromatic nitrogens is 3. The van der Waals surface area contributed by atoms with E-state index in [4.69, 9.17) is 15.3 Å². The summed E-state index contributed by atoms with van der Waals surface area (Å²) < 4.78 is 11.8. The fraction of sp³-hybridized carbons (Fsp3) is 0.188. The first kappa shape index (κ1) is 18.1. The lowest BCUT2D eigenvalue weighted by Gasteiger charge is -2.10. The Hall–Kier alpha value is -2.72. The van der Waals surface area contributed by atoms with E-state index < -0.39 is 0 Å². The van der Waals surface area contributed by atoms with Crippen LogP contribution in [0, 0.1) is 0 Å². The molecule has 0 bridgehead atoms. The summed E-state index contributed by atoms with van der Waals surface area (Å²) in [4.78, 5) is 13.1. The number of rotatable bonds is 7. The number of methoxy groups -OCH3 is 2. The number of anilines is 1. The van der Waals surface area contributed by atoms with Crippen LogP contribution in [-0.2, 0) is 4.79 Å². The number of nitrogens with zero attached hydrogens (tertiary/aromatic N) is 3. The zero-order valence-corrected chi connectivity index (χ0v) is 15.8. The molecule has 136 valence electrons. The van der Waals surface area contributed by atoms with Gasteiger partial charge in [0.25, 0.3) is 0 Å². The first-order chi connectivity index (χ1) is 12.6. The van der Waals surface area contributed by atoms with Crippen LogP contribution in [0.4, 0.5) is 5.69 Å². The normalized spacial score (nSPS) is 10.5. The Labute approximate surface area is 158 Å². The summed E-state index contributed by atoms with van der Waals surface area (Å²) >= 11 is 2.73. The average molecular weight is 391 g/mol. The van der Waals surface area contributed by atoms with Gasteiger partial charge in [-0.3, -0.25) is 4.79 Å². The number of carbonyl (C=O) groups is 1. The molecule has 0 aliphatic rings. The average Bonchev–Trinajstić information content (AvgIpc) is 3.29. The molecule has 0 fully saturated rings. The number of hydrogen-bond donors (Lipinski definition) is 2. The molecule has 0 spiro atoms. The number of nitrogen functional groups attached to an aromatic ring is 1. The number of amides is 1. The van der Waals surface area contributed by atoms with Crippen LogP contribution < -0.4 is 20.6 Å². The van der Waals surface area contributed by atoms with E-state index in [1.807, 2.05) is 17.5 Å². The van der Waals surface area contributed by atoms with Gasteiger partial charge in [0.15, 0.2) is 17.3 Å². The third-order valence-corrected chi connectivity index (χ3v) is 5.21. The fourth-order valence-corrected chi connectivity index (χ4v) is 3.55. The van der Waals surface area contributed by atoms with Crippen molar-refractivity contribution in [2.75, 3.05) is 31.1 Å². The van der Waals surface area contributed by atoms with Crippen molar-refractivity contribution >= 4 is 34.7 Å². The summed E-state index contributed by atoms with van der Waals surface area (Å²) in [7, 11) is 3.10. The molecule has 0 aliphatic carbocycles. The third-order valence-electron chi connectivity index (χ3n) is 3.41. The smallest absolute Gasteiger partial charge is 0.234 e. The Morgan fingerprint density at radius 3 is 2.77 bits per heavy atom. The number of thioether (sulfide) groups is 1. The van der Waals surface area contributed by atoms with E-state index >= 15 is 0 Å². The van der Waals surface area contributed by atoms with Gasteiger partial charge in [-0.2, -0.15) is 0 Å². The second-order valence-electron chi connectivity index (χ2n) is 5.06. The standard InChI is InChI=1S/C16H17N5O3S2/c1-23-11-6-5-10(8-12(11)24-2)18-14(22)9-26-16-20-19-15(21(16)17)13-4-3-7-25-13/h3-8H,9,17H2,1-2H3,(H,18,22). The van der Waals surface area contributed by atoms with Gasteiger partial charge in [0.1, 0.15) is 0 Å². The van der Waals surface area contributed by atoms with Gasteiger partial charge in [-0.05, 0) is 23.6 Å². The molecule has 0 aliphatic heterocycles. The maximum atomic E-state index is 12.2. The maximum Gasteiger partial charge on any atom is 0.234 e. The second kappa shape index (κ2) is 8.11. The maximum absolute atomic E-state index is 12.2. The molecule has 0 radical (unpaired) electrons. The largest absolute Gasteiger partial charge is 0.493 e. The van der Waals surface area contributed by atoms with Gasteiger partial charge < -0.3 is 20.6 Å². The van der Waals surface area contributed by atoms with Crippen molar-refractivity contribution in [1.82, 2.24) is 14.9 Å². The van der Waals surface area contributed by atoms with Gasteiger partial charge in [0, 0.05) is 11.8 Å². The van der Waals surface area contributed by atoms with Gasteiger partial charge in [-0.15, -0.1) is 21.5 Å². The number of nitrogens with two attached hydrogens (primary N) is 1. The van der Waals surface area contributed by atoms with Gasteiger partial charge in [0.2, 0.25) is 11.1 Å². The van der Waals surface area contributed by atoms with E-state index in [0.717, 1.165) is 4.88 Å². The van der Waals surface area contributed by atoms with Crippen LogP contribution in [0.3, 0.4) is 0 Å². The highest BCUT2D eigenvalue weighted by Crippen LogP contribution is 2.30. The van der Waals surface area contributed by atoms with Crippen molar-refractivity contribution in [3.05, 3.63) is 35.7 Å². The van der Waals surface area contributed by atoms with Crippen molar-refractivity contribution < 1.29 is 14.3 Å². The predicted molar refractivity (Wildman–Crippen MR) is 102 cm³/mol. The minimum Gasteiger partial charge on any atom is -0.493 e. The van der Waals surface area contributed by atoms with Crippen LogP contribution in [0.25, 0.3) is 10.7 Å². The molecule has 3 aromatic rings. The number of benzene rings is 1. The molecule has 26 heavy (non-hydrogen) atoms. The quantitative estimate of drug-likeness (QED) is 0.471. The van der Waals surface area contributed by atoms with Crippen molar-refractivity contribution in [2.45, 2.75) is 5.16 Å². The Balaban J connectivity index is 1.61. The number of hydrogen-bond acceptors (Lipinski definition) is 8. The van der Waals surface area contributed by atoms with Crippen molar-refractivity contribution in [3.63, 3.8) is 0 Å². The zero-order valence-electron chi connectivity index (χ0n) is 14.1. The summed E-state index contributed by atoms with van der Waals surface area (Å²) in [5.74, 6) is 7.68. The molecule has 10 heteroatoms. The highest BCUT2D eigenvalue weighted by Gasteiger charge is 2.15. The van der Waals surface area contributed by atoms with Crippen molar-refractivity contribution in [1.29, 1.82) is 0 Å². The summed E-state index contributed by atoms with van der Waals surface area (Å²) in [6, 6.07) is 8.99. The summed E-state index contributed by atoms with van der Waals surface area (Å²) in [5.41, 5.74) is 0.613. The van der Waals surface area contributed by atoms with Crippen LogP contribution in [0.2, 0.25) is 0 Å². The first-order valence-electron chi connectivity index (χ1n) is 7.51. The van der Waals surface area contributed by atoms with Gasteiger partial charge >= 0.3 is 0 Å². The molecule has 0 saturated heterocycles. The number of nitrogens with one attached hydrogen (secondary N) is 1. The van der Waals surface area contributed by atoms with E-state index in [1.165, 1.54) is 27.8 Å². The minimum atomic E-state index is -0.192. The van der Waals surface area contributed by atoms with Gasteiger partial charge in [-0.25, -0.2) is 4.68 Å².